The number of rotatable bonds is 28. The fraction of sp³-hybridized carbons (Fsp3) is 0.886. The Kier molecular flexibility index (Phi) is 23.5. The number of amides is 3. The first-order valence-electron chi connectivity index (χ1n) is 18.0. The van der Waals surface area contributed by atoms with E-state index < -0.39 is 24.3 Å². The van der Waals surface area contributed by atoms with Crippen molar-refractivity contribution >= 4 is 24.0 Å². The van der Waals surface area contributed by atoms with Gasteiger partial charge in [-0.2, -0.15) is 0 Å². The molecule has 0 aliphatic carbocycles. The van der Waals surface area contributed by atoms with E-state index in [1.807, 2.05) is 39.6 Å². The molecule has 3 amide bonds. The molecule has 15 nitrogen and oxygen atoms in total. The van der Waals surface area contributed by atoms with Crippen molar-refractivity contribution in [2.24, 2.45) is 23.7 Å². The van der Waals surface area contributed by atoms with Crippen LogP contribution in [0.1, 0.15) is 60.3 Å². The molecule has 6 unspecified atom stereocenters. The molecule has 1 heterocycles. The third kappa shape index (κ3) is 15.2. The molecule has 0 saturated carbocycles. The monoisotopic (exact) mass is 717 g/mol. The standard InChI is InChI=1S/C35H67N5O10/c1-10-26(4)33(29(45-8)22-30(42)40-13-11-12-28(40)34(46-9)27(5)24-41)39(7)31(43)23-37-35(44)32(25(2)3)38(6)14-15-47-16-17-48-18-19-49-20-21-50-36/h24-29,32-34H,10-23,36H2,1-9H3,(H,37,44)/t26?,27?,28?,29?,32?,33-,34?/m0/s1. The molecule has 7 atom stereocenters. The highest BCUT2D eigenvalue weighted by Gasteiger charge is 2.40. The van der Waals surface area contributed by atoms with E-state index in [9.17, 15) is 19.2 Å². The number of hydrogen-bond donors (Lipinski definition) is 2. The minimum Gasteiger partial charge on any atom is -0.379 e. The molecule has 1 aliphatic heterocycles. The number of likely N-dealkylation sites (tertiary alicyclic amines) is 1. The second-order valence-electron chi connectivity index (χ2n) is 13.4. The van der Waals surface area contributed by atoms with Gasteiger partial charge in [0.25, 0.3) is 0 Å². The minimum atomic E-state index is -0.572. The maximum atomic E-state index is 13.7. The highest BCUT2D eigenvalue weighted by molar-refractivity contribution is 5.87. The van der Waals surface area contributed by atoms with Crippen molar-refractivity contribution in [3.05, 3.63) is 0 Å². The number of ether oxygens (including phenoxy) is 5. The molecule has 1 fully saturated rings. The topological polar surface area (TPSA) is 171 Å². The molecule has 0 spiro atoms. The lowest BCUT2D eigenvalue weighted by Crippen LogP contribution is -2.55. The largest absolute Gasteiger partial charge is 0.379 e. The second-order valence-corrected chi connectivity index (χ2v) is 13.4. The van der Waals surface area contributed by atoms with Crippen LogP contribution in [-0.2, 0) is 47.7 Å². The molecule has 15 heteroatoms. The summed E-state index contributed by atoms with van der Waals surface area (Å²) >= 11 is 0. The Hall–Kier alpha value is -2.24. The number of nitrogens with zero attached hydrogens (tertiary/aromatic N) is 3. The molecule has 0 aromatic carbocycles. The van der Waals surface area contributed by atoms with Gasteiger partial charge >= 0.3 is 0 Å². The summed E-state index contributed by atoms with van der Waals surface area (Å²) < 4.78 is 28.0. The summed E-state index contributed by atoms with van der Waals surface area (Å²) in [4.78, 5) is 61.9. The zero-order valence-corrected chi connectivity index (χ0v) is 32.1. The van der Waals surface area contributed by atoms with Crippen LogP contribution in [-0.4, -0.2) is 163 Å². The predicted octanol–water partition coefficient (Wildman–Crippen LogP) is 1.12. The zero-order valence-electron chi connectivity index (χ0n) is 32.1. The van der Waals surface area contributed by atoms with Gasteiger partial charge in [-0.25, -0.2) is 5.90 Å². The number of likely N-dealkylation sites (N-methyl/N-ethyl adjacent to an activating group) is 2. The van der Waals surface area contributed by atoms with E-state index in [0.717, 1.165) is 25.5 Å². The summed E-state index contributed by atoms with van der Waals surface area (Å²) in [6, 6.07) is -1.08. The van der Waals surface area contributed by atoms with Crippen molar-refractivity contribution < 1.29 is 47.7 Å². The van der Waals surface area contributed by atoms with Gasteiger partial charge in [0.15, 0.2) is 0 Å². The molecule has 1 rings (SSSR count). The average molecular weight is 718 g/mol. The first-order valence-corrected chi connectivity index (χ1v) is 18.0. The van der Waals surface area contributed by atoms with Gasteiger partial charge in [-0.15, -0.1) is 0 Å². The fourth-order valence-corrected chi connectivity index (χ4v) is 6.68. The normalized spacial score (nSPS) is 18.5. The Morgan fingerprint density at radius 2 is 1.54 bits per heavy atom. The van der Waals surface area contributed by atoms with E-state index in [1.165, 1.54) is 0 Å². The number of nitrogens with one attached hydrogen (secondary N) is 1. The van der Waals surface area contributed by atoms with Crippen molar-refractivity contribution in [3.8, 4) is 0 Å². The van der Waals surface area contributed by atoms with E-state index in [-0.39, 0.29) is 54.5 Å². The van der Waals surface area contributed by atoms with E-state index >= 15 is 0 Å². The quantitative estimate of drug-likeness (QED) is 0.0673. The predicted molar refractivity (Wildman–Crippen MR) is 189 cm³/mol. The van der Waals surface area contributed by atoms with Crippen molar-refractivity contribution in [1.82, 2.24) is 20.0 Å². The smallest absolute Gasteiger partial charge is 0.242 e. The van der Waals surface area contributed by atoms with Gasteiger partial charge in [0.05, 0.1) is 89.5 Å². The number of hydrogen-bond acceptors (Lipinski definition) is 12. The van der Waals surface area contributed by atoms with Crippen LogP contribution in [0.15, 0.2) is 0 Å². The van der Waals surface area contributed by atoms with Crippen LogP contribution >= 0.6 is 0 Å². The van der Waals surface area contributed by atoms with Gasteiger partial charge in [-0.1, -0.05) is 41.0 Å². The van der Waals surface area contributed by atoms with Crippen LogP contribution in [0.2, 0.25) is 0 Å². The molecular formula is C35H67N5O10. The molecular weight excluding hydrogens is 650 g/mol. The maximum Gasteiger partial charge on any atom is 0.242 e. The summed E-state index contributed by atoms with van der Waals surface area (Å²) in [5.74, 6) is 3.97. The number of nitrogens with two attached hydrogens (primary N) is 1. The van der Waals surface area contributed by atoms with Crippen LogP contribution < -0.4 is 11.2 Å². The first-order chi connectivity index (χ1) is 23.9. The van der Waals surface area contributed by atoms with E-state index in [1.54, 1.807) is 38.0 Å². The maximum absolute atomic E-state index is 13.7. The van der Waals surface area contributed by atoms with Gasteiger partial charge in [0.2, 0.25) is 17.7 Å². The molecule has 292 valence electrons. The van der Waals surface area contributed by atoms with Crippen LogP contribution in [0.5, 0.6) is 0 Å². The fourth-order valence-electron chi connectivity index (χ4n) is 6.68. The van der Waals surface area contributed by atoms with Gasteiger partial charge in [-0.05, 0) is 31.7 Å². The summed E-state index contributed by atoms with van der Waals surface area (Å²) in [5, 5.41) is 2.85. The number of carbonyl (C=O) groups excluding carboxylic acids is 4. The van der Waals surface area contributed by atoms with Crippen molar-refractivity contribution in [2.45, 2.75) is 90.6 Å². The van der Waals surface area contributed by atoms with Crippen LogP contribution in [0.3, 0.4) is 0 Å². The second kappa shape index (κ2) is 25.7. The molecule has 0 bridgehead atoms. The Morgan fingerprint density at radius 3 is 2.06 bits per heavy atom. The Labute approximate surface area is 300 Å². The van der Waals surface area contributed by atoms with Crippen molar-refractivity contribution in [3.63, 3.8) is 0 Å². The lowest BCUT2D eigenvalue weighted by Gasteiger charge is -2.39. The summed E-state index contributed by atoms with van der Waals surface area (Å²) in [6.07, 6.45) is 2.31. The number of methoxy groups -OCH3 is 2. The number of carbonyl (C=O) groups is 4. The number of aldehydes is 1. The minimum absolute atomic E-state index is 0.0123. The molecule has 0 aromatic rings. The lowest BCUT2D eigenvalue weighted by atomic mass is 9.90. The molecule has 0 aromatic heterocycles. The van der Waals surface area contributed by atoms with Crippen LogP contribution in [0, 0.1) is 17.8 Å². The Balaban J connectivity index is 2.75. The van der Waals surface area contributed by atoms with Crippen molar-refractivity contribution in [1.29, 1.82) is 0 Å². The highest BCUT2D eigenvalue weighted by atomic mass is 16.6. The van der Waals surface area contributed by atoms with E-state index in [4.69, 9.17) is 29.6 Å². The molecule has 1 aliphatic rings. The molecule has 1 saturated heterocycles. The van der Waals surface area contributed by atoms with Gasteiger partial charge < -0.3 is 48.4 Å². The molecule has 3 N–H and O–H groups in total. The highest BCUT2D eigenvalue weighted by Crippen LogP contribution is 2.28. The molecule has 50 heavy (non-hydrogen) atoms. The SMILES string of the molecule is CCC(C)[C@@H](C(CC(=O)N1CCCC1C(OC)C(C)C=O)OC)N(C)C(=O)CNC(=O)C(C(C)C)N(C)CCOCCOCCOCCON. The molecule has 0 radical (unpaired) electrons. The third-order valence-electron chi connectivity index (χ3n) is 9.60. The average Bonchev–Trinajstić information content (AvgIpc) is 3.58. The first kappa shape index (κ1) is 45.8. The van der Waals surface area contributed by atoms with Crippen LogP contribution in [0.4, 0.5) is 0 Å². The van der Waals surface area contributed by atoms with Gasteiger partial charge in [-0.3, -0.25) is 19.3 Å². The van der Waals surface area contributed by atoms with Crippen molar-refractivity contribution in [2.75, 3.05) is 94.2 Å². The van der Waals surface area contributed by atoms with E-state index in [0.29, 0.717) is 59.3 Å². The lowest BCUT2D eigenvalue weighted by molar-refractivity contribution is -0.145. The van der Waals surface area contributed by atoms with E-state index in [2.05, 4.69) is 10.2 Å². The zero-order chi connectivity index (χ0) is 37.6. The summed E-state index contributed by atoms with van der Waals surface area (Å²) in [7, 11) is 6.68. The summed E-state index contributed by atoms with van der Waals surface area (Å²) in [6.45, 7) is 13.6. The van der Waals surface area contributed by atoms with Gasteiger partial charge in [0, 0.05) is 40.3 Å². The van der Waals surface area contributed by atoms with Gasteiger partial charge in [0.1, 0.15) is 6.29 Å². The summed E-state index contributed by atoms with van der Waals surface area (Å²) in [5.41, 5.74) is 0. The Bertz CT molecular complexity index is 976. The Morgan fingerprint density at radius 1 is 0.940 bits per heavy atom. The third-order valence-corrected chi connectivity index (χ3v) is 9.60. The van der Waals surface area contributed by atoms with Crippen LogP contribution in [0.25, 0.3) is 0 Å².